The summed E-state index contributed by atoms with van der Waals surface area (Å²) in [5, 5.41) is 15.7. The van der Waals surface area contributed by atoms with Crippen LogP contribution in [0.3, 0.4) is 0 Å². The molecule has 0 aliphatic carbocycles. The molecule has 1 aliphatic heterocycles. The minimum Gasteiger partial charge on any atom is -0.481 e. The van der Waals surface area contributed by atoms with Gasteiger partial charge >= 0.3 is 13.1 Å². The Kier molecular flexibility index (Phi) is 3.44. The van der Waals surface area contributed by atoms with Gasteiger partial charge in [0.15, 0.2) is 0 Å². The smallest absolute Gasteiger partial charge is 0.468 e. The van der Waals surface area contributed by atoms with Crippen LogP contribution in [0.4, 0.5) is 0 Å². The first-order valence-electron chi connectivity index (χ1n) is 6.30. The van der Waals surface area contributed by atoms with E-state index in [1.807, 2.05) is 27.7 Å². The van der Waals surface area contributed by atoms with E-state index in [1.54, 1.807) is 12.3 Å². The van der Waals surface area contributed by atoms with Gasteiger partial charge in [0.2, 0.25) is 0 Å². The van der Waals surface area contributed by atoms with Crippen molar-refractivity contribution in [3.05, 3.63) is 18.0 Å². The van der Waals surface area contributed by atoms with Gasteiger partial charge in [-0.25, -0.2) is 0 Å². The minimum absolute atomic E-state index is 0.0704. The lowest BCUT2D eigenvalue weighted by Gasteiger charge is -2.32. The Morgan fingerprint density at radius 2 is 2.00 bits per heavy atom. The second kappa shape index (κ2) is 4.65. The third-order valence-corrected chi connectivity index (χ3v) is 3.92. The van der Waals surface area contributed by atoms with Crippen molar-refractivity contribution < 1.29 is 19.2 Å². The van der Waals surface area contributed by atoms with Crippen molar-refractivity contribution in [3.63, 3.8) is 0 Å². The maximum absolute atomic E-state index is 11.0. The standard InChI is InChI=1S/C12H19BN2O4/c1-11(2)12(3,4)19-13(18-11)8(7-10(16)17)9-5-6-14-15-9/h5-6,8H,7H2,1-4H3,(H,14,15)(H,16,17). The number of hydrogen-bond donors (Lipinski definition) is 2. The SMILES string of the molecule is CC1(C)OB(C(CC(=O)O)c2ccn[nH]2)OC1(C)C. The number of aliphatic carboxylic acids is 1. The van der Waals surface area contributed by atoms with Gasteiger partial charge in [0.25, 0.3) is 0 Å². The van der Waals surface area contributed by atoms with Crippen molar-refractivity contribution in [3.8, 4) is 0 Å². The zero-order valence-electron chi connectivity index (χ0n) is 11.6. The van der Waals surface area contributed by atoms with Crippen LogP contribution < -0.4 is 0 Å². The summed E-state index contributed by atoms with van der Waals surface area (Å²) in [5.74, 6) is -1.30. The van der Waals surface area contributed by atoms with Gasteiger partial charge in [-0.2, -0.15) is 5.10 Å². The van der Waals surface area contributed by atoms with E-state index in [2.05, 4.69) is 10.2 Å². The molecule has 19 heavy (non-hydrogen) atoms. The Labute approximate surface area is 112 Å². The summed E-state index contributed by atoms with van der Waals surface area (Å²) in [5.41, 5.74) is -0.246. The molecule has 1 aromatic heterocycles. The van der Waals surface area contributed by atoms with Crippen LogP contribution in [-0.2, 0) is 14.1 Å². The number of hydrogen-bond acceptors (Lipinski definition) is 4. The van der Waals surface area contributed by atoms with Crippen molar-refractivity contribution in [2.75, 3.05) is 0 Å². The number of H-pyrrole nitrogens is 1. The molecule has 0 amide bonds. The topological polar surface area (TPSA) is 84.4 Å². The lowest BCUT2D eigenvalue weighted by Crippen LogP contribution is -2.41. The summed E-state index contributed by atoms with van der Waals surface area (Å²) >= 11 is 0. The van der Waals surface area contributed by atoms with E-state index in [0.29, 0.717) is 5.69 Å². The average molecular weight is 266 g/mol. The summed E-state index contributed by atoms with van der Waals surface area (Å²) in [4.78, 5) is 11.0. The molecule has 1 unspecified atom stereocenters. The Hall–Kier alpha value is -1.34. The van der Waals surface area contributed by atoms with E-state index >= 15 is 0 Å². The highest BCUT2D eigenvalue weighted by molar-refractivity contribution is 6.48. The van der Waals surface area contributed by atoms with Crippen molar-refractivity contribution >= 4 is 13.1 Å². The molecule has 2 rings (SSSR count). The molecular formula is C12H19BN2O4. The number of nitrogens with zero attached hydrogens (tertiary/aromatic N) is 1. The third-order valence-electron chi connectivity index (χ3n) is 3.92. The first-order valence-corrected chi connectivity index (χ1v) is 6.30. The average Bonchev–Trinajstić information content (AvgIpc) is 2.82. The molecule has 2 N–H and O–H groups in total. The predicted octanol–water partition coefficient (Wildman–Crippen LogP) is 1.60. The van der Waals surface area contributed by atoms with Gasteiger partial charge in [0, 0.05) is 17.7 Å². The van der Waals surface area contributed by atoms with Gasteiger partial charge in [-0.05, 0) is 33.8 Å². The van der Waals surface area contributed by atoms with E-state index in [-0.39, 0.29) is 6.42 Å². The predicted molar refractivity (Wildman–Crippen MR) is 69.7 cm³/mol. The molecule has 0 bridgehead atoms. The molecule has 1 saturated heterocycles. The van der Waals surface area contributed by atoms with E-state index in [0.717, 1.165) is 0 Å². The Balaban J connectivity index is 2.24. The number of carboxylic acids is 1. The normalized spacial score (nSPS) is 22.4. The van der Waals surface area contributed by atoms with Crippen LogP contribution in [0, 0.1) is 0 Å². The van der Waals surface area contributed by atoms with Crippen molar-refractivity contribution in [1.82, 2.24) is 10.2 Å². The summed E-state index contributed by atoms with van der Waals surface area (Å²) in [6.45, 7) is 7.77. The number of carboxylic acid groups (broad SMARTS) is 1. The van der Waals surface area contributed by atoms with E-state index in [1.165, 1.54) is 0 Å². The van der Waals surface area contributed by atoms with Gasteiger partial charge < -0.3 is 14.4 Å². The van der Waals surface area contributed by atoms with Crippen LogP contribution in [0.15, 0.2) is 12.3 Å². The molecule has 0 spiro atoms. The Morgan fingerprint density at radius 1 is 1.42 bits per heavy atom. The first kappa shape index (κ1) is 14.1. The van der Waals surface area contributed by atoms with E-state index in [9.17, 15) is 4.79 Å². The largest absolute Gasteiger partial charge is 0.481 e. The highest BCUT2D eigenvalue weighted by Crippen LogP contribution is 2.41. The van der Waals surface area contributed by atoms with Crippen molar-refractivity contribution in [2.45, 2.75) is 51.1 Å². The van der Waals surface area contributed by atoms with Crippen LogP contribution in [0.1, 0.15) is 45.6 Å². The van der Waals surface area contributed by atoms with Crippen LogP contribution in [0.2, 0.25) is 0 Å². The van der Waals surface area contributed by atoms with Crippen molar-refractivity contribution in [2.24, 2.45) is 0 Å². The van der Waals surface area contributed by atoms with Crippen LogP contribution in [0.5, 0.6) is 0 Å². The molecule has 1 atom stereocenters. The molecule has 0 saturated carbocycles. The quantitative estimate of drug-likeness (QED) is 0.808. The second-order valence-corrected chi connectivity index (χ2v) is 5.84. The zero-order chi connectivity index (χ0) is 14.3. The fourth-order valence-electron chi connectivity index (χ4n) is 2.07. The van der Waals surface area contributed by atoms with Crippen LogP contribution in [-0.4, -0.2) is 39.6 Å². The molecule has 1 fully saturated rings. The highest BCUT2D eigenvalue weighted by atomic mass is 16.7. The zero-order valence-corrected chi connectivity index (χ0v) is 11.6. The van der Waals surface area contributed by atoms with E-state index < -0.39 is 30.1 Å². The molecule has 0 radical (unpaired) electrons. The van der Waals surface area contributed by atoms with Crippen LogP contribution in [0.25, 0.3) is 0 Å². The molecular weight excluding hydrogens is 247 g/mol. The third kappa shape index (κ3) is 2.67. The Bertz CT molecular complexity index is 442. The molecule has 1 aliphatic rings. The molecule has 0 aromatic carbocycles. The fraction of sp³-hybridized carbons (Fsp3) is 0.667. The lowest BCUT2D eigenvalue weighted by atomic mass is 9.68. The monoisotopic (exact) mass is 266 g/mol. The lowest BCUT2D eigenvalue weighted by molar-refractivity contribution is -0.137. The maximum atomic E-state index is 11.0. The summed E-state index contributed by atoms with van der Waals surface area (Å²) < 4.78 is 11.8. The van der Waals surface area contributed by atoms with Gasteiger partial charge in [-0.1, -0.05) is 0 Å². The molecule has 1 aromatic rings. The van der Waals surface area contributed by atoms with Gasteiger partial charge in [-0.3, -0.25) is 9.89 Å². The minimum atomic E-state index is -0.894. The summed E-state index contributed by atoms with van der Waals surface area (Å²) in [7, 11) is -0.596. The van der Waals surface area contributed by atoms with Gasteiger partial charge in [0.05, 0.1) is 17.6 Å². The molecule has 2 heterocycles. The number of aromatic nitrogens is 2. The molecule has 6 nitrogen and oxygen atoms in total. The number of aromatic amines is 1. The maximum Gasteiger partial charge on any atom is 0.468 e. The second-order valence-electron chi connectivity index (χ2n) is 5.84. The van der Waals surface area contributed by atoms with Gasteiger partial charge in [0.1, 0.15) is 0 Å². The number of rotatable bonds is 4. The summed E-state index contributed by atoms with van der Waals surface area (Å²) in [6, 6.07) is 1.75. The van der Waals surface area contributed by atoms with Crippen molar-refractivity contribution in [1.29, 1.82) is 0 Å². The highest BCUT2D eigenvalue weighted by Gasteiger charge is 2.54. The van der Waals surface area contributed by atoms with Gasteiger partial charge in [-0.15, -0.1) is 0 Å². The Morgan fingerprint density at radius 3 is 2.42 bits per heavy atom. The molecule has 104 valence electrons. The number of nitrogens with one attached hydrogen (secondary N) is 1. The van der Waals surface area contributed by atoms with E-state index in [4.69, 9.17) is 14.4 Å². The molecule has 7 heteroatoms. The first-order chi connectivity index (χ1) is 8.73. The fourth-order valence-corrected chi connectivity index (χ4v) is 2.07. The van der Waals surface area contributed by atoms with Crippen LogP contribution >= 0.6 is 0 Å². The number of carbonyl (C=O) groups is 1. The summed E-state index contributed by atoms with van der Waals surface area (Å²) in [6.07, 6.45) is 1.52.